The van der Waals surface area contributed by atoms with Crippen molar-refractivity contribution in [1.82, 2.24) is 9.78 Å². The lowest BCUT2D eigenvalue weighted by atomic mass is 10.0. The van der Waals surface area contributed by atoms with Crippen LogP contribution in [0.2, 0.25) is 0 Å². The van der Waals surface area contributed by atoms with Gasteiger partial charge in [0.05, 0.1) is 5.69 Å². The van der Waals surface area contributed by atoms with Gasteiger partial charge < -0.3 is 0 Å². The van der Waals surface area contributed by atoms with Gasteiger partial charge in [-0.15, -0.1) is 0 Å². The van der Waals surface area contributed by atoms with Gasteiger partial charge in [-0.3, -0.25) is 9.48 Å². The van der Waals surface area contributed by atoms with Gasteiger partial charge in [0.15, 0.2) is 0 Å². The first-order valence-corrected chi connectivity index (χ1v) is 6.72. The van der Waals surface area contributed by atoms with Gasteiger partial charge in [0, 0.05) is 25.6 Å². The summed E-state index contributed by atoms with van der Waals surface area (Å²) in [5, 5.41) is 4.35. The minimum Gasteiger partial charge on any atom is -0.299 e. The fourth-order valence-electron chi connectivity index (χ4n) is 2.36. The molecule has 0 unspecified atom stereocenters. The maximum atomic E-state index is 12.8. The Morgan fingerprint density at radius 1 is 1.25 bits per heavy atom. The number of halogens is 1. The van der Waals surface area contributed by atoms with Crippen LogP contribution in [0.4, 0.5) is 4.39 Å². The first-order chi connectivity index (χ1) is 9.47. The van der Waals surface area contributed by atoms with Crippen molar-refractivity contribution in [3.05, 3.63) is 52.6 Å². The summed E-state index contributed by atoms with van der Waals surface area (Å²) >= 11 is 0. The maximum absolute atomic E-state index is 12.8. The van der Waals surface area contributed by atoms with Crippen LogP contribution >= 0.6 is 0 Å². The van der Waals surface area contributed by atoms with Gasteiger partial charge >= 0.3 is 0 Å². The summed E-state index contributed by atoms with van der Waals surface area (Å²) in [5.74, 6) is -0.109. The van der Waals surface area contributed by atoms with Crippen molar-refractivity contribution >= 4 is 5.78 Å². The number of nitrogens with zero attached hydrogens (tertiary/aromatic N) is 2. The Bertz CT molecular complexity index is 614. The third-order valence-electron chi connectivity index (χ3n) is 3.63. The molecule has 1 aromatic carbocycles. The van der Waals surface area contributed by atoms with E-state index in [2.05, 4.69) is 5.10 Å². The molecule has 0 spiro atoms. The number of hydrogen-bond donors (Lipinski definition) is 0. The first kappa shape index (κ1) is 14.4. The van der Waals surface area contributed by atoms with Gasteiger partial charge in [0.25, 0.3) is 0 Å². The second-order valence-electron chi connectivity index (χ2n) is 5.11. The van der Waals surface area contributed by atoms with E-state index in [4.69, 9.17) is 0 Å². The largest absolute Gasteiger partial charge is 0.299 e. The predicted molar refractivity (Wildman–Crippen MR) is 76.1 cm³/mol. The summed E-state index contributed by atoms with van der Waals surface area (Å²) in [5.41, 5.74) is 4.10. The van der Waals surface area contributed by atoms with E-state index in [-0.39, 0.29) is 11.6 Å². The summed E-state index contributed by atoms with van der Waals surface area (Å²) in [6.45, 7) is 3.98. The maximum Gasteiger partial charge on any atom is 0.137 e. The van der Waals surface area contributed by atoms with Crippen molar-refractivity contribution in [2.45, 2.75) is 33.1 Å². The van der Waals surface area contributed by atoms with E-state index in [1.54, 1.807) is 12.1 Å². The van der Waals surface area contributed by atoms with Crippen molar-refractivity contribution in [1.29, 1.82) is 0 Å². The molecule has 1 heterocycles. The van der Waals surface area contributed by atoms with E-state index in [1.165, 1.54) is 12.1 Å². The van der Waals surface area contributed by atoms with E-state index in [1.807, 2.05) is 25.6 Å². The van der Waals surface area contributed by atoms with Gasteiger partial charge in [0.1, 0.15) is 11.6 Å². The number of benzene rings is 1. The number of aryl methyl sites for hydroxylation is 2. The Balaban J connectivity index is 1.94. The summed E-state index contributed by atoms with van der Waals surface area (Å²) in [7, 11) is 1.91. The van der Waals surface area contributed by atoms with Gasteiger partial charge in [-0.05, 0) is 43.5 Å². The molecule has 3 nitrogen and oxygen atoms in total. The van der Waals surface area contributed by atoms with E-state index >= 15 is 0 Å². The topological polar surface area (TPSA) is 34.9 Å². The Hall–Kier alpha value is -1.97. The fourth-order valence-corrected chi connectivity index (χ4v) is 2.36. The van der Waals surface area contributed by atoms with E-state index < -0.39 is 0 Å². The van der Waals surface area contributed by atoms with Crippen LogP contribution < -0.4 is 0 Å². The number of carbonyl (C=O) groups excluding carboxylic acids is 1. The third kappa shape index (κ3) is 3.32. The van der Waals surface area contributed by atoms with E-state index in [0.29, 0.717) is 19.3 Å². The number of aromatic nitrogens is 2. The molecular formula is C16H19FN2O. The lowest BCUT2D eigenvalue weighted by Crippen LogP contribution is -2.05. The number of carbonyl (C=O) groups is 1. The van der Waals surface area contributed by atoms with Crippen LogP contribution in [0.15, 0.2) is 24.3 Å². The van der Waals surface area contributed by atoms with E-state index in [0.717, 1.165) is 22.5 Å². The highest BCUT2D eigenvalue weighted by molar-refractivity contribution is 5.81. The second-order valence-corrected chi connectivity index (χ2v) is 5.11. The molecule has 0 radical (unpaired) electrons. The molecule has 0 aliphatic rings. The Labute approximate surface area is 118 Å². The predicted octanol–water partition coefficient (Wildman–Crippen LogP) is 2.92. The zero-order chi connectivity index (χ0) is 14.7. The summed E-state index contributed by atoms with van der Waals surface area (Å²) in [6, 6.07) is 6.09. The van der Waals surface area contributed by atoms with Crippen molar-refractivity contribution in [2.24, 2.45) is 7.05 Å². The zero-order valence-electron chi connectivity index (χ0n) is 12.1. The summed E-state index contributed by atoms with van der Waals surface area (Å²) < 4.78 is 14.6. The molecule has 1 aromatic heterocycles. The van der Waals surface area contributed by atoms with Crippen molar-refractivity contribution < 1.29 is 9.18 Å². The number of ketones is 1. The monoisotopic (exact) mass is 274 g/mol. The zero-order valence-corrected chi connectivity index (χ0v) is 12.1. The minimum absolute atomic E-state index is 0.166. The highest BCUT2D eigenvalue weighted by atomic mass is 19.1. The smallest absolute Gasteiger partial charge is 0.137 e. The van der Waals surface area contributed by atoms with Crippen LogP contribution in [0.3, 0.4) is 0 Å². The number of Topliss-reactive ketones (excluding diaryl/α,β-unsaturated/α-hetero) is 1. The summed E-state index contributed by atoms with van der Waals surface area (Å²) in [4.78, 5) is 12.0. The van der Waals surface area contributed by atoms with Crippen LogP contribution in [0.1, 0.15) is 28.9 Å². The lowest BCUT2D eigenvalue weighted by Gasteiger charge is -2.03. The van der Waals surface area contributed by atoms with Gasteiger partial charge in [-0.25, -0.2) is 4.39 Å². The quantitative estimate of drug-likeness (QED) is 0.840. The highest BCUT2D eigenvalue weighted by Gasteiger charge is 2.11. The van der Waals surface area contributed by atoms with Crippen molar-refractivity contribution in [3.8, 4) is 0 Å². The SMILES string of the molecule is Cc1nn(C)c(C)c1CCC(=O)Cc1ccc(F)cc1. The van der Waals surface area contributed by atoms with Gasteiger partial charge in [0.2, 0.25) is 0 Å². The Kier molecular flexibility index (Phi) is 4.32. The average Bonchev–Trinajstić information content (AvgIpc) is 2.64. The number of hydrogen-bond acceptors (Lipinski definition) is 2. The molecule has 20 heavy (non-hydrogen) atoms. The molecule has 0 saturated carbocycles. The molecule has 0 aliphatic heterocycles. The molecule has 0 N–H and O–H groups in total. The lowest BCUT2D eigenvalue weighted by molar-refractivity contribution is -0.118. The van der Waals surface area contributed by atoms with Crippen molar-refractivity contribution in [2.75, 3.05) is 0 Å². The van der Waals surface area contributed by atoms with Gasteiger partial charge in [-0.1, -0.05) is 12.1 Å². The molecule has 4 heteroatoms. The van der Waals surface area contributed by atoms with Gasteiger partial charge in [-0.2, -0.15) is 5.10 Å². The van der Waals surface area contributed by atoms with Crippen LogP contribution in [-0.4, -0.2) is 15.6 Å². The normalized spacial score (nSPS) is 10.8. The molecule has 0 saturated heterocycles. The first-order valence-electron chi connectivity index (χ1n) is 6.72. The van der Waals surface area contributed by atoms with Crippen LogP contribution in [0, 0.1) is 19.7 Å². The molecular weight excluding hydrogens is 255 g/mol. The van der Waals surface area contributed by atoms with E-state index in [9.17, 15) is 9.18 Å². The Morgan fingerprint density at radius 2 is 1.90 bits per heavy atom. The molecule has 0 bridgehead atoms. The minimum atomic E-state index is -0.275. The highest BCUT2D eigenvalue weighted by Crippen LogP contribution is 2.15. The number of rotatable bonds is 5. The average molecular weight is 274 g/mol. The fraction of sp³-hybridized carbons (Fsp3) is 0.375. The Morgan fingerprint density at radius 3 is 2.45 bits per heavy atom. The third-order valence-corrected chi connectivity index (χ3v) is 3.63. The molecule has 106 valence electrons. The van der Waals surface area contributed by atoms with Crippen molar-refractivity contribution in [3.63, 3.8) is 0 Å². The van der Waals surface area contributed by atoms with Crippen LogP contribution in [-0.2, 0) is 24.7 Å². The molecule has 2 rings (SSSR count). The molecule has 0 aliphatic carbocycles. The van der Waals surface area contributed by atoms with Crippen LogP contribution in [0.25, 0.3) is 0 Å². The second kappa shape index (κ2) is 5.99. The summed E-state index contributed by atoms with van der Waals surface area (Å²) in [6.07, 6.45) is 1.56. The van der Waals surface area contributed by atoms with Crippen LogP contribution in [0.5, 0.6) is 0 Å². The molecule has 2 aromatic rings. The molecule has 0 amide bonds. The molecule has 0 fully saturated rings. The standard InChI is InChI=1S/C16H19FN2O/c1-11-16(12(2)19(3)18-11)9-8-15(20)10-13-4-6-14(17)7-5-13/h4-7H,8-10H2,1-3H3. The molecule has 0 atom stereocenters.